The molecule has 1 heterocycles. The van der Waals surface area contributed by atoms with Crippen LogP contribution in [0.1, 0.15) is 32.3 Å². The predicted octanol–water partition coefficient (Wildman–Crippen LogP) is 2.26. The Labute approximate surface area is 123 Å². The van der Waals surface area contributed by atoms with Crippen molar-refractivity contribution in [1.29, 1.82) is 0 Å². The van der Waals surface area contributed by atoms with Gasteiger partial charge in [0.25, 0.3) is 0 Å². The summed E-state index contributed by atoms with van der Waals surface area (Å²) in [6, 6.07) is 10.9. The van der Waals surface area contributed by atoms with Gasteiger partial charge in [0.05, 0.1) is 5.60 Å². The molecule has 2 N–H and O–H groups in total. The van der Waals surface area contributed by atoms with Crippen molar-refractivity contribution in [3.05, 3.63) is 35.9 Å². The summed E-state index contributed by atoms with van der Waals surface area (Å²) in [5.41, 5.74) is 0.777. The van der Waals surface area contributed by atoms with Crippen molar-refractivity contribution in [2.24, 2.45) is 5.92 Å². The number of rotatable bonds is 5. The maximum absolute atomic E-state index is 10.9. The average Bonchev–Trinajstić information content (AvgIpc) is 2.43. The highest BCUT2D eigenvalue weighted by Crippen LogP contribution is 2.33. The van der Waals surface area contributed by atoms with E-state index < -0.39 is 5.60 Å². The van der Waals surface area contributed by atoms with E-state index in [1.165, 1.54) is 5.56 Å². The number of hydrogen-bond donors (Lipinski definition) is 2. The summed E-state index contributed by atoms with van der Waals surface area (Å²) < 4.78 is 0. The molecule has 112 valence electrons. The highest BCUT2D eigenvalue weighted by Gasteiger charge is 2.40. The van der Waals surface area contributed by atoms with Crippen LogP contribution in [0.5, 0.6) is 0 Å². The number of benzene rings is 1. The largest absolute Gasteiger partial charge is 0.389 e. The summed E-state index contributed by atoms with van der Waals surface area (Å²) in [5, 5.41) is 14.3. The molecule has 2 rings (SSSR count). The van der Waals surface area contributed by atoms with Crippen LogP contribution in [-0.2, 0) is 6.54 Å². The Morgan fingerprint density at radius 2 is 2.00 bits per heavy atom. The van der Waals surface area contributed by atoms with Crippen molar-refractivity contribution < 1.29 is 5.11 Å². The van der Waals surface area contributed by atoms with Gasteiger partial charge in [-0.2, -0.15) is 0 Å². The minimum Gasteiger partial charge on any atom is -0.389 e. The molecule has 0 aromatic heterocycles. The summed E-state index contributed by atoms with van der Waals surface area (Å²) in [6.07, 6.45) is 1.71. The molecule has 0 aliphatic carbocycles. The maximum Gasteiger partial charge on any atom is 0.0712 e. The SMILES string of the molecule is C[C@@H]1C[C@](O)(CCNCc2ccccc2)[C@H](C)CN1C. The van der Waals surface area contributed by atoms with Crippen molar-refractivity contribution in [3.63, 3.8) is 0 Å². The summed E-state index contributed by atoms with van der Waals surface area (Å²) in [7, 11) is 2.15. The summed E-state index contributed by atoms with van der Waals surface area (Å²) in [4.78, 5) is 2.34. The van der Waals surface area contributed by atoms with Crippen molar-refractivity contribution in [1.82, 2.24) is 10.2 Å². The van der Waals surface area contributed by atoms with Crippen LogP contribution in [0.25, 0.3) is 0 Å². The fraction of sp³-hybridized carbons (Fsp3) is 0.647. The maximum atomic E-state index is 10.9. The van der Waals surface area contributed by atoms with Crippen LogP contribution in [0.15, 0.2) is 30.3 Å². The van der Waals surface area contributed by atoms with E-state index in [0.29, 0.717) is 12.0 Å². The van der Waals surface area contributed by atoms with Gasteiger partial charge in [0.1, 0.15) is 0 Å². The van der Waals surface area contributed by atoms with E-state index in [-0.39, 0.29) is 0 Å². The van der Waals surface area contributed by atoms with E-state index >= 15 is 0 Å². The molecule has 0 amide bonds. The van der Waals surface area contributed by atoms with Gasteiger partial charge in [-0.25, -0.2) is 0 Å². The summed E-state index contributed by atoms with van der Waals surface area (Å²) in [6.45, 7) is 7.09. The monoisotopic (exact) mass is 276 g/mol. The second-order valence-corrected chi connectivity index (χ2v) is 6.41. The van der Waals surface area contributed by atoms with Crippen molar-refractivity contribution in [3.8, 4) is 0 Å². The number of likely N-dealkylation sites (tertiary alicyclic amines) is 1. The van der Waals surface area contributed by atoms with Gasteiger partial charge in [-0.1, -0.05) is 37.3 Å². The van der Waals surface area contributed by atoms with E-state index in [4.69, 9.17) is 0 Å². The summed E-state index contributed by atoms with van der Waals surface area (Å²) in [5.74, 6) is 0.335. The predicted molar refractivity (Wildman–Crippen MR) is 83.6 cm³/mol. The van der Waals surface area contributed by atoms with E-state index in [1.54, 1.807) is 0 Å². The van der Waals surface area contributed by atoms with Crippen molar-refractivity contribution in [2.45, 2.75) is 44.9 Å². The van der Waals surface area contributed by atoms with Crippen LogP contribution in [0.2, 0.25) is 0 Å². The molecule has 0 spiro atoms. The van der Waals surface area contributed by atoms with Gasteiger partial charge in [-0.05, 0) is 44.8 Å². The second-order valence-electron chi connectivity index (χ2n) is 6.41. The normalized spacial score (nSPS) is 31.4. The van der Waals surface area contributed by atoms with Crippen LogP contribution in [0.3, 0.4) is 0 Å². The molecular formula is C17H28N2O. The first-order valence-corrected chi connectivity index (χ1v) is 7.68. The first-order chi connectivity index (χ1) is 9.51. The van der Waals surface area contributed by atoms with Gasteiger partial charge in [0.15, 0.2) is 0 Å². The zero-order valence-electron chi connectivity index (χ0n) is 13.0. The zero-order chi connectivity index (χ0) is 14.6. The third-order valence-corrected chi connectivity index (χ3v) is 4.79. The van der Waals surface area contributed by atoms with Crippen LogP contribution >= 0.6 is 0 Å². The molecular weight excluding hydrogens is 248 g/mol. The molecule has 1 aliphatic rings. The molecule has 3 atom stereocenters. The molecule has 0 unspecified atom stereocenters. The van der Waals surface area contributed by atoms with Crippen LogP contribution in [-0.4, -0.2) is 41.8 Å². The smallest absolute Gasteiger partial charge is 0.0712 e. The van der Waals surface area contributed by atoms with Gasteiger partial charge < -0.3 is 15.3 Å². The van der Waals surface area contributed by atoms with Gasteiger partial charge in [-0.15, -0.1) is 0 Å². The van der Waals surface area contributed by atoms with Gasteiger partial charge in [-0.3, -0.25) is 0 Å². The van der Waals surface area contributed by atoms with E-state index in [0.717, 1.165) is 32.5 Å². The minimum absolute atomic E-state index is 0.335. The molecule has 1 aliphatic heterocycles. The van der Waals surface area contributed by atoms with Crippen LogP contribution < -0.4 is 5.32 Å². The third-order valence-electron chi connectivity index (χ3n) is 4.79. The summed E-state index contributed by atoms with van der Waals surface area (Å²) >= 11 is 0. The first-order valence-electron chi connectivity index (χ1n) is 7.68. The molecule has 1 aromatic carbocycles. The Kier molecular flexibility index (Phi) is 5.19. The van der Waals surface area contributed by atoms with Gasteiger partial charge >= 0.3 is 0 Å². The Morgan fingerprint density at radius 1 is 1.30 bits per heavy atom. The third kappa shape index (κ3) is 3.81. The topological polar surface area (TPSA) is 35.5 Å². The first kappa shape index (κ1) is 15.5. The lowest BCUT2D eigenvalue weighted by Crippen LogP contribution is -2.54. The lowest BCUT2D eigenvalue weighted by atomic mass is 9.77. The van der Waals surface area contributed by atoms with Crippen LogP contribution in [0.4, 0.5) is 0 Å². The molecule has 3 nitrogen and oxygen atoms in total. The zero-order valence-corrected chi connectivity index (χ0v) is 13.0. The van der Waals surface area contributed by atoms with Gasteiger partial charge in [0.2, 0.25) is 0 Å². The number of nitrogens with one attached hydrogen (secondary N) is 1. The van der Waals surface area contributed by atoms with E-state index in [1.807, 2.05) is 6.07 Å². The molecule has 1 saturated heterocycles. The second kappa shape index (κ2) is 6.70. The van der Waals surface area contributed by atoms with Crippen molar-refractivity contribution in [2.75, 3.05) is 20.1 Å². The molecule has 20 heavy (non-hydrogen) atoms. The molecule has 3 heteroatoms. The Morgan fingerprint density at radius 3 is 2.70 bits per heavy atom. The highest BCUT2D eigenvalue weighted by molar-refractivity contribution is 5.14. The molecule has 0 saturated carbocycles. The average molecular weight is 276 g/mol. The fourth-order valence-electron chi connectivity index (χ4n) is 3.13. The number of nitrogens with zero attached hydrogens (tertiary/aromatic N) is 1. The number of aliphatic hydroxyl groups is 1. The molecule has 1 aromatic rings. The quantitative estimate of drug-likeness (QED) is 0.810. The molecule has 1 fully saturated rings. The Hall–Kier alpha value is -0.900. The minimum atomic E-state index is -0.518. The van der Waals surface area contributed by atoms with Crippen molar-refractivity contribution >= 4 is 0 Å². The number of hydrogen-bond acceptors (Lipinski definition) is 3. The number of piperidine rings is 1. The molecule has 0 bridgehead atoms. The molecule has 0 radical (unpaired) electrons. The Balaban J connectivity index is 1.78. The lowest BCUT2D eigenvalue weighted by Gasteiger charge is -2.46. The van der Waals surface area contributed by atoms with E-state index in [9.17, 15) is 5.11 Å². The lowest BCUT2D eigenvalue weighted by molar-refractivity contribution is -0.0831. The van der Waals surface area contributed by atoms with Crippen LogP contribution in [0, 0.1) is 5.92 Å². The standard InChI is InChI=1S/C17H28N2O/c1-14-13-19(3)15(2)11-17(14,20)9-10-18-12-16-7-5-4-6-8-16/h4-8,14-15,18,20H,9-13H2,1-3H3/t14-,15-,17-/m1/s1. The fourth-order valence-corrected chi connectivity index (χ4v) is 3.13. The Bertz CT molecular complexity index is 409. The van der Waals surface area contributed by atoms with E-state index in [2.05, 4.69) is 55.4 Å². The highest BCUT2D eigenvalue weighted by atomic mass is 16.3. The van der Waals surface area contributed by atoms with Gasteiger partial charge in [0, 0.05) is 19.1 Å².